The molecular formula is C22H36N8O. The van der Waals surface area contributed by atoms with Crippen LogP contribution >= 0.6 is 0 Å². The van der Waals surface area contributed by atoms with Gasteiger partial charge in [-0.2, -0.15) is 9.90 Å². The van der Waals surface area contributed by atoms with E-state index in [0.29, 0.717) is 35.4 Å². The van der Waals surface area contributed by atoms with Gasteiger partial charge in [-0.25, -0.2) is 10.8 Å². The van der Waals surface area contributed by atoms with Crippen LogP contribution in [0.1, 0.15) is 57.3 Å². The molecule has 170 valence electrons. The van der Waals surface area contributed by atoms with Crippen LogP contribution in [0.15, 0.2) is 24.0 Å². The zero-order chi connectivity index (χ0) is 22.4. The molecule has 0 aliphatic heterocycles. The van der Waals surface area contributed by atoms with Gasteiger partial charge in [0.2, 0.25) is 0 Å². The Bertz CT molecular complexity index is 883. The minimum Gasteiger partial charge on any atom is -0.489 e. The molecule has 2 aromatic rings. The van der Waals surface area contributed by atoms with E-state index < -0.39 is 0 Å². The van der Waals surface area contributed by atoms with Crippen LogP contribution in [0.5, 0.6) is 5.75 Å². The molecule has 31 heavy (non-hydrogen) atoms. The Morgan fingerprint density at radius 1 is 1.29 bits per heavy atom. The first-order chi connectivity index (χ1) is 14.8. The molecule has 9 heteroatoms. The molecule has 1 aliphatic rings. The van der Waals surface area contributed by atoms with Crippen molar-refractivity contribution >= 4 is 11.5 Å². The lowest BCUT2D eigenvalue weighted by atomic mass is 9.98. The predicted octanol–water partition coefficient (Wildman–Crippen LogP) is 2.89. The molecule has 0 bridgehead atoms. The van der Waals surface area contributed by atoms with Crippen molar-refractivity contribution < 1.29 is 4.74 Å². The second kappa shape index (κ2) is 10.5. The Morgan fingerprint density at radius 3 is 2.68 bits per heavy atom. The van der Waals surface area contributed by atoms with Gasteiger partial charge < -0.3 is 20.8 Å². The Hall–Kier alpha value is -2.81. The molecule has 1 aliphatic carbocycles. The van der Waals surface area contributed by atoms with Crippen LogP contribution in [0.2, 0.25) is 0 Å². The van der Waals surface area contributed by atoms with Crippen molar-refractivity contribution in [3.63, 3.8) is 0 Å². The van der Waals surface area contributed by atoms with Crippen molar-refractivity contribution in [2.45, 2.75) is 65.5 Å². The zero-order valence-electron chi connectivity index (χ0n) is 19.1. The summed E-state index contributed by atoms with van der Waals surface area (Å²) in [5.74, 6) is 8.04. The standard InChI is InChI=1S/C22H36N8O/c1-15(2)14-30-26-13-21(28-30)25-12-19(29(4)24)22(23)18-10-11-20(16(3)27-18)31-17-8-6-5-7-9-17/h10-11,13,15,17H,5-9,12,14,23-24H2,1-4H3,(H,25,28)/b22-19-. The molecule has 0 amide bonds. The first-order valence-electron chi connectivity index (χ1n) is 11.1. The Balaban J connectivity index is 1.71. The summed E-state index contributed by atoms with van der Waals surface area (Å²) in [4.78, 5) is 6.37. The van der Waals surface area contributed by atoms with E-state index in [2.05, 4.69) is 34.3 Å². The quantitative estimate of drug-likeness (QED) is 0.412. The smallest absolute Gasteiger partial charge is 0.168 e. The van der Waals surface area contributed by atoms with Crippen LogP contribution in [0, 0.1) is 12.8 Å². The molecule has 9 nitrogen and oxygen atoms in total. The van der Waals surface area contributed by atoms with Crippen LogP contribution in [0.4, 0.5) is 5.82 Å². The molecule has 0 radical (unpaired) electrons. The number of anilines is 1. The fourth-order valence-electron chi connectivity index (χ4n) is 3.71. The predicted molar refractivity (Wildman–Crippen MR) is 123 cm³/mol. The number of nitrogens with two attached hydrogens (primary N) is 2. The van der Waals surface area contributed by atoms with E-state index in [1.54, 1.807) is 18.0 Å². The highest BCUT2D eigenvalue weighted by Gasteiger charge is 2.17. The van der Waals surface area contributed by atoms with Crippen LogP contribution in [-0.2, 0) is 6.54 Å². The Kier molecular flexibility index (Phi) is 7.73. The third-order valence-corrected chi connectivity index (χ3v) is 5.40. The van der Waals surface area contributed by atoms with Gasteiger partial charge in [-0.1, -0.05) is 20.3 Å². The number of ether oxygens (including phenoxy) is 1. The maximum absolute atomic E-state index is 6.45. The summed E-state index contributed by atoms with van der Waals surface area (Å²) in [7, 11) is 1.76. The van der Waals surface area contributed by atoms with Gasteiger partial charge in [-0.05, 0) is 50.7 Å². The summed E-state index contributed by atoms with van der Waals surface area (Å²) in [6.07, 6.45) is 7.97. The summed E-state index contributed by atoms with van der Waals surface area (Å²) in [6.45, 7) is 7.37. The molecule has 5 N–H and O–H groups in total. The highest BCUT2D eigenvalue weighted by molar-refractivity contribution is 5.64. The molecule has 2 heterocycles. The van der Waals surface area contributed by atoms with Crippen molar-refractivity contribution in [2.75, 3.05) is 18.9 Å². The fraction of sp³-hybridized carbons (Fsp3) is 0.591. The average Bonchev–Trinajstić information content (AvgIpc) is 3.16. The second-order valence-electron chi connectivity index (χ2n) is 8.66. The number of aryl methyl sites for hydroxylation is 1. The van der Waals surface area contributed by atoms with Crippen molar-refractivity contribution in [3.8, 4) is 5.75 Å². The number of hydrogen-bond acceptors (Lipinski definition) is 8. The second-order valence-corrected chi connectivity index (χ2v) is 8.66. The van der Waals surface area contributed by atoms with E-state index in [1.165, 1.54) is 24.3 Å². The summed E-state index contributed by atoms with van der Waals surface area (Å²) >= 11 is 0. The lowest BCUT2D eigenvalue weighted by Gasteiger charge is -2.24. The van der Waals surface area contributed by atoms with Gasteiger partial charge in [-0.15, -0.1) is 5.10 Å². The minimum atomic E-state index is 0.284. The Morgan fingerprint density at radius 2 is 2.03 bits per heavy atom. The topological polar surface area (TPSA) is 120 Å². The molecule has 3 rings (SSSR count). The summed E-state index contributed by atoms with van der Waals surface area (Å²) in [5.41, 5.74) is 9.18. The first kappa shape index (κ1) is 22.9. The molecular weight excluding hydrogens is 392 g/mol. The van der Waals surface area contributed by atoms with E-state index in [-0.39, 0.29) is 6.10 Å². The minimum absolute atomic E-state index is 0.284. The maximum Gasteiger partial charge on any atom is 0.168 e. The number of nitrogens with zero attached hydrogens (tertiary/aromatic N) is 5. The molecule has 0 saturated heterocycles. The molecule has 0 spiro atoms. The third-order valence-electron chi connectivity index (χ3n) is 5.40. The zero-order valence-corrected chi connectivity index (χ0v) is 19.1. The van der Waals surface area contributed by atoms with E-state index in [9.17, 15) is 0 Å². The van der Waals surface area contributed by atoms with Gasteiger partial charge in [0.25, 0.3) is 0 Å². The molecule has 1 saturated carbocycles. The van der Waals surface area contributed by atoms with Gasteiger partial charge in [-0.3, -0.25) is 0 Å². The van der Waals surface area contributed by atoms with Gasteiger partial charge in [0, 0.05) is 7.05 Å². The van der Waals surface area contributed by atoms with Gasteiger partial charge >= 0.3 is 0 Å². The lowest BCUT2D eigenvalue weighted by Crippen LogP contribution is -2.32. The highest BCUT2D eigenvalue weighted by Crippen LogP contribution is 2.26. The van der Waals surface area contributed by atoms with Gasteiger partial charge in [0.05, 0.1) is 48.2 Å². The SMILES string of the molecule is Cc1nc(/C(N)=C(\CNc2cnn(CC(C)C)n2)N(C)N)ccc1OC1CCCCC1. The largest absolute Gasteiger partial charge is 0.489 e. The number of hydrazine groups is 1. The van der Waals surface area contributed by atoms with E-state index in [0.717, 1.165) is 30.8 Å². The van der Waals surface area contributed by atoms with Crippen molar-refractivity contribution in [2.24, 2.45) is 17.5 Å². The third kappa shape index (κ3) is 6.33. The van der Waals surface area contributed by atoms with Crippen molar-refractivity contribution in [1.29, 1.82) is 0 Å². The Labute approximate surface area is 184 Å². The summed E-state index contributed by atoms with van der Waals surface area (Å²) in [6, 6.07) is 3.85. The van der Waals surface area contributed by atoms with Gasteiger partial charge in [0.15, 0.2) is 5.82 Å². The van der Waals surface area contributed by atoms with E-state index >= 15 is 0 Å². The maximum atomic E-state index is 6.45. The number of rotatable bonds is 9. The number of aromatic nitrogens is 4. The van der Waals surface area contributed by atoms with Crippen molar-refractivity contribution in [1.82, 2.24) is 25.0 Å². The van der Waals surface area contributed by atoms with E-state index in [1.807, 2.05) is 19.1 Å². The lowest BCUT2D eigenvalue weighted by molar-refractivity contribution is 0.153. The molecule has 0 atom stereocenters. The molecule has 0 aromatic carbocycles. The molecule has 1 fully saturated rings. The van der Waals surface area contributed by atoms with Crippen LogP contribution in [0.3, 0.4) is 0 Å². The average molecular weight is 429 g/mol. The monoisotopic (exact) mass is 428 g/mol. The van der Waals surface area contributed by atoms with Crippen LogP contribution < -0.4 is 21.6 Å². The normalized spacial score (nSPS) is 15.7. The van der Waals surface area contributed by atoms with E-state index in [4.69, 9.17) is 16.3 Å². The van der Waals surface area contributed by atoms with Crippen molar-refractivity contribution in [3.05, 3.63) is 35.4 Å². The van der Waals surface area contributed by atoms with Gasteiger partial charge in [0.1, 0.15) is 5.75 Å². The highest BCUT2D eigenvalue weighted by atomic mass is 16.5. The fourth-order valence-corrected chi connectivity index (χ4v) is 3.71. The molecule has 2 aromatic heterocycles. The molecule has 0 unspecified atom stereocenters. The van der Waals surface area contributed by atoms with Crippen LogP contribution in [-0.4, -0.2) is 44.7 Å². The number of hydrogen-bond donors (Lipinski definition) is 3. The first-order valence-corrected chi connectivity index (χ1v) is 11.1. The summed E-state index contributed by atoms with van der Waals surface area (Å²) in [5, 5.41) is 13.5. The van der Waals surface area contributed by atoms with Crippen LogP contribution in [0.25, 0.3) is 5.70 Å². The number of likely N-dealkylation sites (N-methyl/N-ethyl adjacent to an activating group) is 1. The number of nitrogens with one attached hydrogen (secondary N) is 1. The summed E-state index contributed by atoms with van der Waals surface area (Å²) < 4.78 is 6.18. The number of pyridine rings is 1.